The van der Waals surface area contributed by atoms with Crippen LogP contribution in [0.2, 0.25) is 4.34 Å². The Hall–Kier alpha value is -1.52. The highest BCUT2D eigenvalue weighted by Crippen LogP contribution is 2.24. The molecule has 1 aromatic carbocycles. The zero-order chi connectivity index (χ0) is 14.7. The van der Waals surface area contributed by atoms with Gasteiger partial charge in [0.05, 0.1) is 9.21 Å². The first-order valence-electron chi connectivity index (χ1n) is 6.38. The summed E-state index contributed by atoms with van der Waals surface area (Å²) in [5, 5.41) is 0. The average Bonchev–Trinajstić information content (AvgIpc) is 2.82. The fourth-order valence-electron chi connectivity index (χ4n) is 1.95. The molecule has 1 heterocycles. The summed E-state index contributed by atoms with van der Waals surface area (Å²) in [6.07, 6.45) is 0. The molecule has 0 fully saturated rings. The maximum Gasteiger partial charge on any atom is 0.264 e. The summed E-state index contributed by atoms with van der Waals surface area (Å²) in [4.78, 5) is 15.0. The van der Waals surface area contributed by atoms with E-state index in [1.54, 1.807) is 12.1 Å². The van der Waals surface area contributed by atoms with Gasteiger partial charge >= 0.3 is 0 Å². The number of anilines is 1. The third-order valence-electron chi connectivity index (χ3n) is 2.97. The molecular formula is C15H17ClN2OS. The molecule has 0 atom stereocenters. The van der Waals surface area contributed by atoms with Gasteiger partial charge in [-0.1, -0.05) is 23.7 Å². The number of nitrogens with two attached hydrogens (primary N) is 1. The van der Waals surface area contributed by atoms with Crippen LogP contribution in [0, 0.1) is 0 Å². The van der Waals surface area contributed by atoms with E-state index in [1.807, 2.05) is 43.0 Å². The summed E-state index contributed by atoms with van der Waals surface area (Å²) in [5.41, 5.74) is 7.51. The second-order valence-corrected chi connectivity index (χ2v) is 6.59. The van der Waals surface area contributed by atoms with Crippen molar-refractivity contribution in [3.8, 4) is 0 Å². The van der Waals surface area contributed by atoms with Gasteiger partial charge in [-0.3, -0.25) is 4.79 Å². The van der Waals surface area contributed by atoms with Crippen molar-refractivity contribution in [1.82, 2.24) is 4.90 Å². The second kappa shape index (κ2) is 6.29. The molecule has 106 valence electrons. The predicted octanol–water partition coefficient (Wildman–Crippen LogP) is 4.03. The van der Waals surface area contributed by atoms with Crippen LogP contribution in [0.5, 0.6) is 0 Å². The Balaban J connectivity index is 2.21. The Morgan fingerprint density at radius 3 is 2.65 bits per heavy atom. The van der Waals surface area contributed by atoms with Crippen LogP contribution in [0.15, 0.2) is 36.4 Å². The number of nitrogen functional groups attached to an aromatic ring is 1. The molecule has 2 N–H and O–H groups in total. The van der Waals surface area contributed by atoms with Gasteiger partial charge in [-0.2, -0.15) is 0 Å². The number of thiophene rings is 1. The minimum absolute atomic E-state index is 0.000625. The highest BCUT2D eigenvalue weighted by molar-refractivity contribution is 7.17. The number of carbonyl (C=O) groups excluding carboxylic acids is 1. The standard InChI is InChI=1S/C15H17ClN2OS/c1-10(2)18(9-11-4-3-5-12(17)8-11)15(19)13-6-7-14(16)20-13/h3-8,10H,9,17H2,1-2H3. The summed E-state index contributed by atoms with van der Waals surface area (Å²) in [6.45, 7) is 4.54. The van der Waals surface area contributed by atoms with Crippen molar-refractivity contribution in [3.63, 3.8) is 0 Å². The first kappa shape index (κ1) is 14.9. The van der Waals surface area contributed by atoms with E-state index in [0.717, 1.165) is 5.56 Å². The lowest BCUT2D eigenvalue weighted by Gasteiger charge is -2.26. The summed E-state index contributed by atoms with van der Waals surface area (Å²) in [5.74, 6) is -0.000625. The average molecular weight is 309 g/mol. The lowest BCUT2D eigenvalue weighted by atomic mass is 10.1. The van der Waals surface area contributed by atoms with Crippen LogP contribution in [0.1, 0.15) is 29.1 Å². The molecule has 0 saturated carbocycles. The Morgan fingerprint density at radius 1 is 1.35 bits per heavy atom. The minimum Gasteiger partial charge on any atom is -0.399 e. The fraction of sp³-hybridized carbons (Fsp3) is 0.267. The first-order valence-corrected chi connectivity index (χ1v) is 7.57. The molecule has 0 bridgehead atoms. The van der Waals surface area contributed by atoms with Crippen LogP contribution < -0.4 is 5.73 Å². The van der Waals surface area contributed by atoms with Gasteiger partial charge < -0.3 is 10.6 Å². The molecule has 0 unspecified atom stereocenters. The van der Waals surface area contributed by atoms with Gasteiger partial charge in [-0.25, -0.2) is 0 Å². The molecule has 20 heavy (non-hydrogen) atoms. The highest BCUT2D eigenvalue weighted by Gasteiger charge is 2.20. The van der Waals surface area contributed by atoms with Crippen LogP contribution >= 0.6 is 22.9 Å². The molecule has 3 nitrogen and oxygen atoms in total. The van der Waals surface area contributed by atoms with E-state index in [9.17, 15) is 4.79 Å². The quantitative estimate of drug-likeness (QED) is 0.867. The monoisotopic (exact) mass is 308 g/mol. The molecule has 0 spiro atoms. The maximum atomic E-state index is 12.5. The van der Waals surface area contributed by atoms with E-state index in [2.05, 4.69) is 0 Å². The molecule has 1 amide bonds. The number of halogens is 1. The van der Waals surface area contributed by atoms with Crippen LogP contribution in [0.25, 0.3) is 0 Å². The number of carbonyl (C=O) groups is 1. The summed E-state index contributed by atoms with van der Waals surface area (Å²) < 4.78 is 0.626. The van der Waals surface area contributed by atoms with Crippen LogP contribution in [0.4, 0.5) is 5.69 Å². The third-order valence-corrected chi connectivity index (χ3v) is 4.19. The Labute approximate surface area is 128 Å². The van der Waals surface area contributed by atoms with Crippen molar-refractivity contribution >= 4 is 34.5 Å². The fourth-order valence-corrected chi connectivity index (χ4v) is 2.95. The topological polar surface area (TPSA) is 46.3 Å². The molecule has 0 aliphatic rings. The number of hydrogen-bond donors (Lipinski definition) is 1. The minimum atomic E-state index is -0.000625. The third kappa shape index (κ3) is 3.52. The number of hydrogen-bond acceptors (Lipinski definition) is 3. The van der Waals surface area contributed by atoms with Crippen molar-refractivity contribution in [3.05, 3.63) is 51.2 Å². The molecule has 2 rings (SSSR count). The Bertz CT molecular complexity index is 609. The van der Waals surface area contributed by atoms with Crippen LogP contribution in [-0.2, 0) is 6.54 Å². The van der Waals surface area contributed by atoms with Crippen molar-refractivity contribution in [1.29, 1.82) is 0 Å². The van der Waals surface area contributed by atoms with Crippen LogP contribution in [-0.4, -0.2) is 16.8 Å². The molecule has 0 radical (unpaired) electrons. The van der Waals surface area contributed by atoms with Gasteiger partial charge in [0.15, 0.2) is 0 Å². The summed E-state index contributed by atoms with van der Waals surface area (Å²) >= 11 is 7.21. The number of nitrogens with zero attached hydrogens (tertiary/aromatic N) is 1. The maximum absolute atomic E-state index is 12.5. The zero-order valence-electron chi connectivity index (χ0n) is 11.5. The largest absolute Gasteiger partial charge is 0.399 e. The van der Waals surface area contributed by atoms with Gasteiger partial charge in [0.2, 0.25) is 0 Å². The van der Waals surface area contributed by atoms with Crippen molar-refractivity contribution in [2.24, 2.45) is 0 Å². The Morgan fingerprint density at radius 2 is 2.10 bits per heavy atom. The highest BCUT2D eigenvalue weighted by atomic mass is 35.5. The lowest BCUT2D eigenvalue weighted by molar-refractivity contribution is 0.0695. The number of amides is 1. The van der Waals surface area contributed by atoms with Gasteiger partial charge in [0, 0.05) is 18.3 Å². The molecule has 0 saturated heterocycles. The molecule has 0 aliphatic heterocycles. The van der Waals surface area contributed by atoms with Crippen molar-refractivity contribution in [2.45, 2.75) is 26.4 Å². The van der Waals surface area contributed by atoms with Crippen molar-refractivity contribution in [2.75, 3.05) is 5.73 Å². The predicted molar refractivity (Wildman–Crippen MR) is 85.2 cm³/mol. The normalized spacial score (nSPS) is 10.8. The molecule has 5 heteroatoms. The second-order valence-electron chi connectivity index (χ2n) is 4.88. The van der Waals surface area contributed by atoms with E-state index >= 15 is 0 Å². The molecule has 0 aliphatic carbocycles. The van der Waals surface area contributed by atoms with Gasteiger partial charge in [-0.05, 0) is 43.7 Å². The van der Waals surface area contributed by atoms with E-state index < -0.39 is 0 Å². The lowest BCUT2D eigenvalue weighted by Crippen LogP contribution is -2.35. The first-order chi connectivity index (χ1) is 9.47. The smallest absolute Gasteiger partial charge is 0.264 e. The van der Waals surface area contributed by atoms with Gasteiger partial charge in [0.1, 0.15) is 0 Å². The number of rotatable bonds is 4. The van der Waals surface area contributed by atoms with E-state index in [0.29, 0.717) is 21.4 Å². The zero-order valence-corrected chi connectivity index (χ0v) is 13.0. The van der Waals surface area contributed by atoms with Gasteiger partial charge in [-0.15, -0.1) is 11.3 Å². The van der Waals surface area contributed by atoms with Crippen LogP contribution in [0.3, 0.4) is 0 Å². The van der Waals surface area contributed by atoms with E-state index in [-0.39, 0.29) is 11.9 Å². The molecule has 1 aromatic heterocycles. The molecular weight excluding hydrogens is 292 g/mol. The van der Waals surface area contributed by atoms with E-state index in [1.165, 1.54) is 11.3 Å². The number of benzene rings is 1. The summed E-state index contributed by atoms with van der Waals surface area (Å²) in [7, 11) is 0. The van der Waals surface area contributed by atoms with E-state index in [4.69, 9.17) is 17.3 Å². The van der Waals surface area contributed by atoms with Crippen molar-refractivity contribution < 1.29 is 4.79 Å². The molecule has 2 aromatic rings. The SMILES string of the molecule is CC(C)N(Cc1cccc(N)c1)C(=O)c1ccc(Cl)s1. The van der Waals surface area contributed by atoms with Gasteiger partial charge in [0.25, 0.3) is 5.91 Å². The summed E-state index contributed by atoms with van der Waals surface area (Å²) in [6, 6.07) is 11.2. The Kier molecular flexibility index (Phi) is 4.68.